The summed E-state index contributed by atoms with van der Waals surface area (Å²) in [6.45, 7) is 7.70. The number of hydrogen-bond acceptors (Lipinski definition) is 4. The monoisotopic (exact) mass is 234 g/mol. The Hall–Kier alpha value is -1.32. The van der Waals surface area contributed by atoms with Gasteiger partial charge in [-0.25, -0.2) is 9.97 Å². The fourth-order valence-corrected chi connectivity index (χ4v) is 2.05. The molecule has 1 aliphatic rings. The third kappa shape index (κ3) is 3.58. The van der Waals surface area contributed by atoms with Crippen molar-refractivity contribution in [1.82, 2.24) is 9.97 Å². The molecule has 1 aromatic heterocycles. The molecule has 0 spiro atoms. The SMILES string of the molecule is CC(C)CCNc1cc(N2CCCC2)ncn1. The van der Waals surface area contributed by atoms with Crippen LogP contribution in [0, 0.1) is 5.92 Å². The van der Waals surface area contributed by atoms with Crippen LogP contribution in [0.4, 0.5) is 11.6 Å². The molecule has 0 atom stereocenters. The van der Waals surface area contributed by atoms with Crippen LogP contribution in [-0.2, 0) is 0 Å². The van der Waals surface area contributed by atoms with Crippen LogP contribution in [0.5, 0.6) is 0 Å². The summed E-state index contributed by atoms with van der Waals surface area (Å²) >= 11 is 0. The van der Waals surface area contributed by atoms with E-state index in [9.17, 15) is 0 Å². The predicted octanol–water partition coefficient (Wildman–Crippen LogP) is 2.53. The summed E-state index contributed by atoms with van der Waals surface area (Å²) in [4.78, 5) is 10.9. The van der Waals surface area contributed by atoms with Crippen molar-refractivity contribution in [2.24, 2.45) is 5.92 Å². The minimum absolute atomic E-state index is 0.724. The van der Waals surface area contributed by atoms with Gasteiger partial charge in [0.25, 0.3) is 0 Å². The van der Waals surface area contributed by atoms with Gasteiger partial charge in [0.15, 0.2) is 0 Å². The zero-order valence-corrected chi connectivity index (χ0v) is 10.8. The molecule has 0 aromatic carbocycles. The van der Waals surface area contributed by atoms with Gasteiger partial charge in [0, 0.05) is 25.7 Å². The highest BCUT2D eigenvalue weighted by Crippen LogP contribution is 2.19. The molecule has 0 unspecified atom stereocenters. The first-order valence-electron chi connectivity index (χ1n) is 6.56. The number of aromatic nitrogens is 2. The normalized spacial score (nSPS) is 15.6. The van der Waals surface area contributed by atoms with Gasteiger partial charge in [-0.05, 0) is 25.2 Å². The van der Waals surface area contributed by atoms with Crippen molar-refractivity contribution >= 4 is 11.6 Å². The number of nitrogens with one attached hydrogen (secondary N) is 1. The molecule has 0 aliphatic carbocycles. The van der Waals surface area contributed by atoms with Crippen molar-refractivity contribution in [3.63, 3.8) is 0 Å². The zero-order chi connectivity index (χ0) is 12.1. The highest BCUT2D eigenvalue weighted by atomic mass is 15.2. The van der Waals surface area contributed by atoms with E-state index >= 15 is 0 Å². The molecular formula is C13H22N4. The van der Waals surface area contributed by atoms with Crippen LogP contribution in [-0.4, -0.2) is 29.6 Å². The molecule has 0 radical (unpaired) electrons. The predicted molar refractivity (Wildman–Crippen MR) is 71.4 cm³/mol. The van der Waals surface area contributed by atoms with E-state index in [4.69, 9.17) is 0 Å². The van der Waals surface area contributed by atoms with Gasteiger partial charge >= 0.3 is 0 Å². The van der Waals surface area contributed by atoms with Crippen LogP contribution in [0.2, 0.25) is 0 Å². The molecule has 0 bridgehead atoms. The number of anilines is 2. The Kier molecular flexibility index (Phi) is 4.18. The quantitative estimate of drug-likeness (QED) is 0.850. The van der Waals surface area contributed by atoms with Crippen LogP contribution in [0.3, 0.4) is 0 Å². The van der Waals surface area contributed by atoms with E-state index in [-0.39, 0.29) is 0 Å². The van der Waals surface area contributed by atoms with E-state index in [2.05, 4.69) is 40.1 Å². The number of rotatable bonds is 5. The summed E-state index contributed by atoms with van der Waals surface area (Å²) in [5.41, 5.74) is 0. The summed E-state index contributed by atoms with van der Waals surface area (Å²) in [7, 11) is 0. The summed E-state index contributed by atoms with van der Waals surface area (Å²) in [5, 5.41) is 3.36. The second-order valence-electron chi connectivity index (χ2n) is 5.06. The third-order valence-electron chi connectivity index (χ3n) is 3.11. The smallest absolute Gasteiger partial charge is 0.134 e. The van der Waals surface area contributed by atoms with Gasteiger partial charge in [-0.15, -0.1) is 0 Å². The van der Waals surface area contributed by atoms with Gasteiger partial charge in [-0.1, -0.05) is 13.8 Å². The van der Waals surface area contributed by atoms with Crippen LogP contribution < -0.4 is 10.2 Å². The zero-order valence-electron chi connectivity index (χ0n) is 10.8. The lowest BCUT2D eigenvalue weighted by Crippen LogP contribution is -2.19. The number of nitrogens with zero attached hydrogens (tertiary/aromatic N) is 3. The molecule has 2 heterocycles. The molecule has 4 heteroatoms. The molecule has 1 N–H and O–H groups in total. The Morgan fingerprint density at radius 2 is 2.06 bits per heavy atom. The fourth-order valence-electron chi connectivity index (χ4n) is 2.05. The van der Waals surface area contributed by atoms with Gasteiger partial charge in [-0.3, -0.25) is 0 Å². The van der Waals surface area contributed by atoms with E-state index in [1.165, 1.54) is 19.3 Å². The van der Waals surface area contributed by atoms with Gasteiger partial charge in [0.1, 0.15) is 18.0 Å². The molecule has 94 valence electrons. The van der Waals surface area contributed by atoms with Gasteiger partial charge < -0.3 is 10.2 Å². The molecule has 1 aromatic rings. The Balaban J connectivity index is 1.91. The maximum absolute atomic E-state index is 4.34. The maximum atomic E-state index is 4.34. The van der Waals surface area contributed by atoms with E-state index in [1.807, 2.05) is 0 Å². The Labute approximate surface area is 103 Å². The molecule has 17 heavy (non-hydrogen) atoms. The molecule has 4 nitrogen and oxygen atoms in total. The molecule has 0 amide bonds. The van der Waals surface area contributed by atoms with Crippen molar-refractivity contribution in [1.29, 1.82) is 0 Å². The van der Waals surface area contributed by atoms with Crippen LogP contribution in [0.15, 0.2) is 12.4 Å². The average molecular weight is 234 g/mol. The lowest BCUT2D eigenvalue weighted by atomic mass is 10.1. The highest BCUT2D eigenvalue weighted by Gasteiger charge is 2.13. The Morgan fingerprint density at radius 1 is 1.29 bits per heavy atom. The maximum Gasteiger partial charge on any atom is 0.134 e. The third-order valence-corrected chi connectivity index (χ3v) is 3.11. The largest absolute Gasteiger partial charge is 0.370 e. The van der Waals surface area contributed by atoms with Crippen molar-refractivity contribution in [3.05, 3.63) is 12.4 Å². The summed E-state index contributed by atoms with van der Waals surface area (Å²) in [6, 6.07) is 2.06. The van der Waals surface area contributed by atoms with Crippen molar-refractivity contribution < 1.29 is 0 Å². The lowest BCUT2D eigenvalue weighted by Gasteiger charge is -2.16. The summed E-state index contributed by atoms with van der Waals surface area (Å²) < 4.78 is 0. The Bertz CT molecular complexity index is 345. The molecule has 1 fully saturated rings. The summed E-state index contributed by atoms with van der Waals surface area (Å²) in [5.74, 6) is 2.73. The first-order valence-corrected chi connectivity index (χ1v) is 6.56. The topological polar surface area (TPSA) is 41.0 Å². The van der Waals surface area contributed by atoms with Crippen LogP contribution in [0.1, 0.15) is 33.1 Å². The van der Waals surface area contributed by atoms with Gasteiger partial charge in [-0.2, -0.15) is 0 Å². The molecule has 0 saturated carbocycles. The van der Waals surface area contributed by atoms with Crippen LogP contribution >= 0.6 is 0 Å². The first-order chi connectivity index (χ1) is 8.25. The minimum atomic E-state index is 0.724. The first kappa shape index (κ1) is 12.1. The van der Waals surface area contributed by atoms with E-state index < -0.39 is 0 Å². The van der Waals surface area contributed by atoms with Crippen LogP contribution in [0.25, 0.3) is 0 Å². The molecule has 1 aliphatic heterocycles. The van der Waals surface area contributed by atoms with Crippen molar-refractivity contribution in [2.75, 3.05) is 29.9 Å². The highest BCUT2D eigenvalue weighted by molar-refractivity contribution is 5.48. The number of hydrogen-bond donors (Lipinski definition) is 1. The van der Waals surface area contributed by atoms with E-state index in [1.54, 1.807) is 6.33 Å². The second kappa shape index (κ2) is 5.84. The molecule has 2 rings (SSSR count). The van der Waals surface area contributed by atoms with E-state index in [0.717, 1.165) is 37.2 Å². The standard InChI is InChI=1S/C13H22N4/c1-11(2)5-6-14-12-9-13(16-10-15-12)17-7-3-4-8-17/h9-11H,3-8H2,1-2H3,(H,14,15,16). The second-order valence-corrected chi connectivity index (χ2v) is 5.06. The minimum Gasteiger partial charge on any atom is -0.370 e. The van der Waals surface area contributed by atoms with E-state index in [0.29, 0.717) is 0 Å². The lowest BCUT2D eigenvalue weighted by molar-refractivity contribution is 0.606. The molecule has 1 saturated heterocycles. The van der Waals surface area contributed by atoms with Crippen molar-refractivity contribution in [2.45, 2.75) is 33.1 Å². The van der Waals surface area contributed by atoms with Gasteiger partial charge in [0.05, 0.1) is 0 Å². The summed E-state index contributed by atoms with van der Waals surface area (Å²) in [6.07, 6.45) is 5.38. The molecular weight excluding hydrogens is 212 g/mol. The van der Waals surface area contributed by atoms with Crippen molar-refractivity contribution in [3.8, 4) is 0 Å². The van der Waals surface area contributed by atoms with Gasteiger partial charge in [0.2, 0.25) is 0 Å². The Morgan fingerprint density at radius 3 is 2.76 bits per heavy atom. The fraction of sp³-hybridized carbons (Fsp3) is 0.692. The average Bonchev–Trinajstić information content (AvgIpc) is 2.82.